The number of carbonyl (C=O) groups excluding carboxylic acids is 3. The monoisotopic (exact) mass is 532 g/mol. The smallest absolute Gasteiger partial charge is 0.338 e. The fourth-order valence-electron chi connectivity index (χ4n) is 3.98. The Labute approximate surface area is 221 Å². The van der Waals surface area contributed by atoms with E-state index in [1.807, 2.05) is 0 Å². The van der Waals surface area contributed by atoms with Crippen LogP contribution < -0.4 is 24.4 Å². The molecule has 1 aromatic heterocycles. The lowest BCUT2D eigenvalue weighted by Gasteiger charge is -2.24. The average molecular weight is 533 g/mol. The highest BCUT2D eigenvalue weighted by atomic mass is 32.1. The van der Waals surface area contributed by atoms with Gasteiger partial charge in [0.25, 0.3) is 5.56 Å². The molecule has 0 radical (unpaired) electrons. The van der Waals surface area contributed by atoms with Gasteiger partial charge in [-0.3, -0.25) is 19.0 Å². The zero-order valence-electron chi connectivity index (χ0n) is 20.9. The molecule has 0 spiro atoms. The van der Waals surface area contributed by atoms with Crippen molar-refractivity contribution in [1.82, 2.24) is 4.57 Å². The Bertz CT molecular complexity index is 1650. The van der Waals surface area contributed by atoms with Crippen LogP contribution in [-0.2, 0) is 19.1 Å². The van der Waals surface area contributed by atoms with E-state index in [4.69, 9.17) is 14.2 Å². The van der Waals surface area contributed by atoms with Crippen molar-refractivity contribution in [3.63, 3.8) is 0 Å². The zero-order valence-corrected chi connectivity index (χ0v) is 21.7. The maximum absolute atomic E-state index is 13.7. The van der Waals surface area contributed by atoms with Crippen LogP contribution >= 0.6 is 11.3 Å². The minimum absolute atomic E-state index is 0.00316. The summed E-state index contributed by atoms with van der Waals surface area (Å²) in [6.07, 6.45) is 3.13. The van der Waals surface area contributed by atoms with Crippen LogP contribution in [-0.4, -0.2) is 29.1 Å². The number of thiazole rings is 1. The number of aromatic nitrogens is 1. The van der Waals surface area contributed by atoms with E-state index in [-0.39, 0.29) is 17.7 Å². The van der Waals surface area contributed by atoms with Crippen molar-refractivity contribution in [3.8, 4) is 11.5 Å². The molecule has 0 amide bonds. The van der Waals surface area contributed by atoms with Crippen molar-refractivity contribution in [1.29, 1.82) is 0 Å². The zero-order chi connectivity index (χ0) is 27.4. The van der Waals surface area contributed by atoms with Crippen molar-refractivity contribution in [2.45, 2.75) is 26.8 Å². The van der Waals surface area contributed by atoms with Crippen LogP contribution in [0, 0.1) is 0 Å². The summed E-state index contributed by atoms with van der Waals surface area (Å²) in [6.45, 7) is 7.87. The highest BCUT2D eigenvalue weighted by Crippen LogP contribution is 2.31. The first-order valence-corrected chi connectivity index (χ1v) is 12.4. The van der Waals surface area contributed by atoms with E-state index in [2.05, 4.69) is 11.6 Å². The molecule has 4 rings (SSSR count). The Kier molecular flexibility index (Phi) is 7.82. The number of ether oxygens (including phenoxy) is 3. The minimum Gasteiger partial charge on any atom is -0.458 e. The van der Waals surface area contributed by atoms with Gasteiger partial charge in [-0.05, 0) is 48.4 Å². The third-order valence-corrected chi connectivity index (χ3v) is 6.43. The number of carbonyl (C=O) groups is 3. The maximum atomic E-state index is 13.7. The molecule has 0 bridgehead atoms. The molecule has 1 atom stereocenters. The molecule has 0 fully saturated rings. The van der Waals surface area contributed by atoms with Gasteiger partial charge in [0.05, 0.1) is 21.8 Å². The fourth-order valence-corrected chi connectivity index (χ4v) is 5.03. The predicted octanol–water partition coefficient (Wildman–Crippen LogP) is 2.82. The normalized spacial score (nSPS) is 14.8. The van der Waals surface area contributed by atoms with E-state index in [0.717, 1.165) is 0 Å². The predicted molar refractivity (Wildman–Crippen MR) is 140 cm³/mol. The molecule has 1 aliphatic heterocycles. The standard InChI is InChI=1S/C28H24N2O7S/c1-5-13-35-27(34)24-16(2)29-28-30(25(24)20-9-11-21(12-10-20)36-17(3)31)26(33)23(38-28)15-19-7-6-8-22(14-19)37-18(4)32/h5-12,14-15,25H,1,13H2,2-4H3/b23-15-. The summed E-state index contributed by atoms with van der Waals surface area (Å²) in [5.74, 6) is -0.852. The summed E-state index contributed by atoms with van der Waals surface area (Å²) in [6, 6.07) is 12.5. The number of benzene rings is 2. The van der Waals surface area contributed by atoms with Crippen LogP contribution in [0.25, 0.3) is 6.08 Å². The van der Waals surface area contributed by atoms with E-state index >= 15 is 0 Å². The van der Waals surface area contributed by atoms with Gasteiger partial charge in [-0.25, -0.2) is 9.79 Å². The average Bonchev–Trinajstić information content (AvgIpc) is 3.16. The number of hydrogen-bond acceptors (Lipinski definition) is 9. The van der Waals surface area contributed by atoms with Gasteiger partial charge in [0.2, 0.25) is 0 Å². The SMILES string of the molecule is C=CCOC(=O)C1=C(C)N=c2s/c(=C\c3cccc(OC(C)=O)c3)c(=O)n2C1c1ccc(OC(C)=O)cc1. The van der Waals surface area contributed by atoms with Crippen LogP contribution in [0.5, 0.6) is 11.5 Å². The van der Waals surface area contributed by atoms with Gasteiger partial charge in [-0.2, -0.15) is 0 Å². The molecule has 3 aromatic rings. The Balaban J connectivity index is 1.86. The highest BCUT2D eigenvalue weighted by molar-refractivity contribution is 7.07. The second-order valence-corrected chi connectivity index (χ2v) is 9.31. The number of fused-ring (bicyclic) bond motifs is 1. The maximum Gasteiger partial charge on any atom is 0.338 e. The molecule has 0 N–H and O–H groups in total. The van der Waals surface area contributed by atoms with E-state index in [9.17, 15) is 19.2 Å². The molecule has 0 saturated carbocycles. The minimum atomic E-state index is -0.829. The first-order valence-electron chi connectivity index (χ1n) is 11.6. The summed E-state index contributed by atoms with van der Waals surface area (Å²) in [5.41, 5.74) is 1.52. The molecular weight excluding hydrogens is 508 g/mol. The van der Waals surface area contributed by atoms with Crippen molar-refractivity contribution in [3.05, 3.63) is 103 Å². The Hall–Kier alpha value is -4.57. The molecule has 0 saturated heterocycles. The van der Waals surface area contributed by atoms with Gasteiger partial charge in [-0.1, -0.05) is 48.3 Å². The van der Waals surface area contributed by atoms with E-state index in [0.29, 0.717) is 37.7 Å². The van der Waals surface area contributed by atoms with Crippen molar-refractivity contribution in [2.24, 2.45) is 4.99 Å². The molecule has 10 heteroatoms. The molecule has 194 valence electrons. The van der Waals surface area contributed by atoms with Gasteiger partial charge >= 0.3 is 17.9 Å². The number of nitrogens with zero attached hydrogens (tertiary/aromatic N) is 2. The van der Waals surface area contributed by atoms with Crippen LogP contribution in [0.2, 0.25) is 0 Å². The van der Waals surface area contributed by atoms with Gasteiger partial charge in [-0.15, -0.1) is 0 Å². The second-order valence-electron chi connectivity index (χ2n) is 8.30. The number of hydrogen-bond donors (Lipinski definition) is 0. The van der Waals surface area contributed by atoms with Crippen LogP contribution in [0.15, 0.2) is 82.2 Å². The van der Waals surface area contributed by atoms with E-state index < -0.39 is 23.9 Å². The fraction of sp³-hybridized carbons (Fsp3) is 0.179. The van der Waals surface area contributed by atoms with Crippen molar-refractivity contribution >= 4 is 35.3 Å². The Morgan fingerprint density at radius 3 is 2.39 bits per heavy atom. The van der Waals surface area contributed by atoms with Gasteiger partial charge < -0.3 is 14.2 Å². The summed E-state index contributed by atoms with van der Waals surface area (Å²) in [5, 5.41) is 0. The Morgan fingerprint density at radius 2 is 1.74 bits per heavy atom. The molecule has 2 aromatic carbocycles. The second kappa shape index (κ2) is 11.2. The van der Waals surface area contributed by atoms with Crippen molar-refractivity contribution < 1.29 is 28.6 Å². The van der Waals surface area contributed by atoms with Crippen molar-refractivity contribution in [2.75, 3.05) is 6.61 Å². The molecule has 38 heavy (non-hydrogen) atoms. The van der Waals surface area contributed by atoms with Gasteiger partial charge in [0.15, 0.2) is 4.80 Å². The first kappa shape index (κ1) is 26.5. The highest BCUT2D eigenvalue weighted by Gasteiger charge is 2.33. The molecule has 1 unspecified atom stereocenters. The topological polar surface area (TPSA) is 113 Å². The molecule has 9 nitrogen and oxygen atoms in total. The van der Waals surface area contributed by atoms with Crippen LogP contribution in [0.3, 0.4) is 0 Å². The third kappa shape index (κ3) is 5.70. The summed E-state index contributed by atoms with van der Waals surface area (Å²) in [7, 11) is 0. The number of allylic oxidation sites excluding steroid dienone is 1. The van der Waals surface area contributed by atoms with E-state index in [1.165, 1.54) is 35.8 Å². The quantitative estimate of drug-likeness (QED) is 0.261. The van der Waals surface area contributed by atoms with Gasteiger partial charge in [0, 0.05) is 13.8 Å². The summed E-state index contributed by atoms with van der Waals surface area (Å²) >= 11 is 1.17. The number of esters is 3. The summed E-state index contributed by atoms with van der Waals surface area (Å²) < 4.78 is 17.4. The molecular formula is C28H24N2O7S. The number of rotatable bonds is 7. The third-order valence-electron chi connectivity index (χ3n) is 5.45. The molecule has 2 heterocycles. The lowest BCUT2D eigenvalue weighted by Crippen LogP contribution is -2.39. The summed E-state index contributed by atoms with van der Waals surface area (Å²) in [4.78, 5) is 54.4. The van der Waals surface area contributed by atoms with Crippen LogP contribution in [0.1, 0.15) is 37.9 Å². The molecule has 1 aliphatic rings. The van der Waals surface area contributed by atoms with E-state index in [1.54, 1.807) is 61.5 Å². The first-order chi connectivity index (χ1) is 18.2. The lowest BCUT2D eigenvalue weighted by molar-refractivity contribution is -0.138. The lowest BCUT2D eigenvalue weighted by atomic mass is 9.96. The largest absolute Gasteiger partial charge is 0.458 e. The van der Waals surface area contributed by atoms with Crippen LogP contribution in [0.4, 0.5) is 0 Å². The molecule has 0 aliphatic carbocycles. The van der Waals surface area contributed by atoms with Gasteiger partial charge in [0.1, 0.15) is 18.1 Å². The Morgan fingerprint density at radius 1 is 1.05 bits per heavy atom.